The molecule has 116 valence electrons. The van der Waals surface area contributed by atoms with Gasteiger partial charge in [-0.15, -0.1) is 11.3 Å². The topological polar surface area (TPSA) is 70.8 Å². The summed E-state index contributed by atoms with van der Waals surface area (Å²) in [6.45, 7) is 4.42. The van der Waals surface area contributed by atoms with Crippen LogP contribution in [0.25, 0.3) is 0 Å². The molecule has 1 aliphatic heterocycles. The summed E-state index contributed by atoms with van der Waals surface area (Å²) in [7, 11) is 0. The molecule has 1 N–H and O–H groups in total. The molecule has 1 amide bonds. The normalized spacial score (nSPS) is 17.4. The Bertz CT molecular complexity index is 730. The molecule has 0 fully saturated rings. The van der Waals surface area contributed by atoms with Gasteiger partial charge in [0.15, 0.2) is 5.76 Å². The number of amides is 1. The van der Waals surface area contributed by atoms with E-state index in [0.717, 1.165) is 6.42 Å². The van der Waals surface area contributed by atoms with Gasteiger partial charge in [-0.25, -0.2) is 4.79 Å². The number of carboxylic acids is 1. The molecule has 1 aliphatic rings. The van der Waals surface area contributed by atoms with Gasteiger partial charge in [0.1, 0.15) is 11.3 Å². The van der Waals surface area contributed by atoms with Crippen molar-refractivity contribution < 1.29 is 19.1 Å². The Labute approximate surface area is 132 Å². The van der Waals surface area contributed by atoms with Crippen LogP contribution in [0.3, 0.4) is 0 Å². The molecule has 0 spiro atoms. The second-order valence-corrected chi connectivity index (χ2v) is 6.33. The molecule has 1 atom stereocenters. The fraction of sp³-hybridized carbons (Fsp3) is 0.375. The van der Waals surface area contributed by atoms with E-state index in [9.17, 15) is 14.7 Å². The molecular weight excluding hydrogens is 302 g/mol. The number of carbonyl (C=O) groups is 2. The van der Waals surface area contributed by atoms with Crippen LogP contribution < -0.4 is 0 Å². The average molecular weight is 319 g/mol. The molecular formula is C16H17NO4S. The number of rotatable bonds is 3. The van der Waals surface area contributed by atoms with Crippen LogP contribution in [0.2, 0.25) is 0 Å². The number of carbonyl (C=O) groups excluding carboxylic acids is 1. The van der Waals surface area contributed by atoms with Crippen molar-refractivity contribution >= 4 is 23.2 Å². The molecule has 0 saturated carbocycles. The van der Waals surface area contributed by atoms with Gasteiger partial charge in [0.25, 0.3) is 5.91 Å². The fourth-order valence-corrected chi connectivity index (χ4v) is 3.87. The Kier molecular flexibility index (Phi) is 3.78. The van der Waals surface area contributed by atoms with Crippen molar-refractivity contribution in [3.8, 4) is 0 Å². The summed E-state index contributed by atoms with van der Waals surface area (Å²) in [4.78, 5) is 27.0. The highest BCUT2D eigenvalue weighted by Crippen LogP contribution is 2.34. The lowest BCUT2D eigenvalue weighted by Crippen LogP contribution is -2.38. The lowest BCUT2D eigenvalue weighted by atomic mass is 10.0. The van der Waals surface area contributed by atoms with Gasteiger partial charge in [-0.3, -0.25) is 4.79 Å². The van der Waals surface area contributed by atoms with Gasteiger partial charge in [-0.2, -0.15) is 0 Å². The Morgan fingerprint density at radius 3 is 2.91 bits per heavy atom. The average Bonchev–Trinajstić information content (AvgIpc) is 3.13. The van der Waals surface area contributed by atoms with E-state index in [1.54, 1.807) is 23.2 Å². The summed E-state index contributed by atoms with van der Waals surface area (Å²) in [6.07, 6.45) is 1.27. The minimum atomic E-state index is -1.06. The van der Waals surface area contributed by atoms with Crippen molar-refractivity contribution in [3.05, 3.63) is 45.0 Å². The molecule has 1 unspecified atom stereocenters. The monoisotopic (exact) mass is 319 g/mol. The molecule has 2 aromatic rings. The number of aromatic carboxylic acids is 1. The van der Waals surface area contributed by atoms with E-state index in [1.807, 2.05) is 18.4 Å². The van der Waals surface area contributed by atoms with Crippen LogP contribution in [0, 0.1) is 0 Å². The van der Waals surface area contributed by atoms with E-state index >= 15 is 0 Å². The summed E-state index contributed by atoms with van der Waals surface area (Å²) >= 11 is 1.71. The molecule has 3 heterocycles. The van der Waals surface area contributed by atoms with Crippen LogP contribution in [-0.2, 0) is 12.8 Å². The number of aryl methyl sites for hydroxylation is 1. The van der Waals surface area contributed by atoms with E-state index < -0.39 is 5.97 Å². The first kappa shape index (κ1) is 14.8. The first-order chi connectivity index (χ1) is 10.5. The second-order valence-electron chi connectivity index (χ2n) is 5.33. The first-order valence-electron chi connectivity index (χ1n) is 7.26. The van der Waals surface area contributed by atoms with E-state index in [4.69, 9.17) is 4.42 Å². The number of carboxylic acid groups (broad SMARTS) is 1. The summed E-state index contributed by atoms with van der Waals surface area (Å²) < 4.78 is 5.49. The van der Waals surface area contributed by atoms with Gasteiger partial charge in [0, 0.05) is 23.9 Å². The van der Waals surface area contributed by atoms with Gasteiger partial charge < -0.3 is 14.4 Å². The predicted octanol–water partition coefficient (Wildman–Crippen LogP) is 3.36. The second kappa shape index (κ2) is 5.61. The van der Waals surface area contributed by atoms with Crippen LogP contribution in [0.4, 0.5) is 0 Å². The van der Waals surface area contributed by atoms with Crippen LogP contribution in [0.5, 0.6) is 0 Å². The third-order valence-corrected chi connectivity index (χ3v) is 5.11. The lowest BCUT2D eigenvalue weighted by molar-refractivity contribution is 0.0642. The van der Waals surface area contributed by atoms with Crippen LogP contribution in [0.15, 0.2) is 21.9 Å². The number of hydrogen-bond acceptors (Lipinski definition) is 4. The third kappa shape index (κ3) is 2.33. The fourth-order valence-electron chi connectivity index (χ4n) is 2.91. The zero-order chi connectivity index (χ0) is 15.9. The summed E-state index contributed by atoms with van der Waals surface area (Å²) in [5, 5.41) is 11.2. The van der Waals surface area contributed by atoms with Gasteiger partial charge in [-0.05, 0) is 30.4 Å². The highest BCUT2D eigenvalue weighted by molar-refractivity contribution is 7.10. The molecule has 22 heavy (non-hydrogen) atoms. The zero-order valence-corrected chi connectivity index (χ0v) is 13.3. The maximum atomic E-state index is 12.7. The van der Waals surface area contributed by atoms with Crippen LogP contribution in [0.1, 0.15) is 57.0 Å². The number of nitrogens with zero attached hydrogens (tertiary/aromatic N) is 1. The maximum absolute atomic E-state index is 12.7. The molecule has 0 radical (unpaired) electrons. The third-order valence-electron chi connectivity index (χ3n) is 4.11. The van der Waals surface area contributed by atoms with E-state index in [-0.39, 0.29) is 23.3 Å². The Morgan fingerprint density at radius 2 is 2.27 bits per heavy atom. The largest absolute Gasteiger partial charge is 0.478 e. The van der Waals surface area contributed by atoms with Crippen molar-refractivity contribution in [3.63, 3.8) is 0 Å². The lowest BCUT2D eigenvalue weighted by Gasteiger charge is -2.33. The maximum Gasteiger partial charge on any atom is 0.339 e. The van der Waals surface area contributed by atoms with Gasteiger partial charge >= 0.3 is 5.97 Å². The summed E-state index contributed by atoms with van der Waals surface area (Å²) in [6, 6.07) is 3.37. The quantitative estimate of drug-likeness (QED) is 0.941. The minimum Gasteiger partial charge on any atom is -0.478 e. The Hall–Kier alpha value is -2.08. The van der Waals surface area contributed by atoms with Crippen LogP contribution in [-0.4, -0.2) is 28.4 Å². The highest BCUT2D eigenvalue weighted by Gasteiger charge is 2.31. The molecule has 5 nitrogen and oxygen atoms in total. The molecule has 0 aliphatic carbocycles. The zero-order valence-electron chi connectivity index (χ0n) is 12.5. The summed E-state index contributed by atoms with van der Waals surface area (Å²) in [5.74, 6) is -0.852. The predicted molar refractivity (Wildman–Crippen MR) is 82.5 cm³/mol. The Morgan fingerprint density at radius 1 is 1.50 bits per heavy atom. The van der Waals surface area contributed by atoms with E-state index in [2.05, 4.69) is 0 Å². The smallest absolute Gasteiger partial charge is 0.339 e. The molecule has 3 rings (SSSR count). The van der Waals surface area contributed by atoms with Gasteiger partial charge in [0.2, 0.25) is 0 Å². The summed E-state index contributed by atoms with van der Waals surface area (Å²) in [5.41, 5.74) is 1.25. The highest BCUT2D eigenvalue weighted by atomic mass is 32.1. The van der Waals surface area contributed by atoms with Crippen molar-refractivity contribution in [2.75, 3.05) is 6.54 Å². The van der Waals surface area contributed by atoms with E-state index in [0.29, 0.717) is 18.7 Å². The number of furan rings is 1. The van der Waals surface area contributed by atoms with Crippen molar-refractivity contribution in [1.82, 2.24) is 4.90 Å². The number of fused-ring (bicyclic) bond motifs is 1. The van der Waals surface area contributed by atoms with Crippen LogP contribution >= 0.6 is 11.3 Å². The molecule has 0 bridgehead atoms. The number of thiophene rings is 1. The van der Waals surface area contributed by atoms with Crippen molar-refractivity contribution in [1.29, 1.82) is 0 Å². The van der Waals surface area contributed by atoms with Crippen molar-refractivity contribution in [2.45, 2.75) is 32.7 Å². The van der Waals surface area contributed by atoms with Gasteiger partial charge in [-0.1, -0.05) is 6.92 Å². The molecule has 0 saturated heterocycles. The SMILES string of the molecule is CCc1oc(C(=O)N2CCc3sccc3C2C)cc1C(=O)O. The standard InChI is InChI=1S/C16H17NO4S/c1-3-12-11(16(19)20)8-13(21-12)15(18)17-6-4-14-10(9(17)2)5-7-22-14/h5,7-9H,3-4,6H2,1-2H3,(H,19,20). The Balaban J connectivity index is 1.90. The van der Waals surface area contributed by atoms with Gasteiger partial charge in [0.05, 0.1) is 6.04 Å². The molecule has 0 aromatic carbocycles. The minimum absolute atomic E-state index is 0.0223. The van der Waals surface area contributed by atoms with E-state index in [1.165, 1.54) is 16.5 Å². The number of hydrogen-bond donors (Lipinski definition) is 1. The van der Waals surface area contributed by atoms with Crippen molar-refractivity contribution in [2.24, 2.45) is 0 Å². The molecule has 6 heteroatoms. The molecule has 2 aromatic heterocycles. The first-order valence-corrected chi connectivity index (χ1v) is 8.14.